The number of hydrogen-bond donors (Lipinski definition) is 1. The number of likely N-dealkylation sites (tertiary alicyclic amines) is 1. The van der Waals surface area contributed by atoms with Gasteiger partial charge in [0.15, 0.2) is 5.69 Å². The average molecular weight is 346 g/mol. The molecule has 2 aromatic rings. The molecule has 0 radical (unpaired) electrons. The third kappa shape index (κ3) is 2.82. The van der Waals surface area contributed by atoms with Crippen molar-refractivity contribution in [3.63, 3.8) is 0 Å². The number of aliphatic hydroxyl groups is 1. The Kier molecular flexibility index (Phi) is 4.06. The van der Waals surface area contributed by atoms with E-state index in [0.29, 0.717) is 23.8 Å². The van der Waals surface area contributed by atoms with Crippen LogP contribution in [0.3, 0.4) is 0 Å². The Morgan fingerprint density at radius 1 is 1.12 bits per heavy atom. The van der Waals surface area contributed by atoms with Crippen molar-refractivity contribution in [2.45, 2.75) is 25.4 Å². The van der Waals surface area contributed by atoms with Gasteiger partial charge in [0.1, 0.15) is 0 Å². The maximum Gasteiger partial charge on any atom is 0.274 e. The lowest BCUT2D eigenvalue weighted by atomic mass is 9.75. The molecule has 2 fully saturated rings. The Balaban J connectivity index is 1.52. The summed E-state index contributed by atoms with van der Waals surface area (Å²) >= 11 is 5.90. The molecule has 6 heteroatoms. The van der Waals surface area contributed by atoms with E-state index >= 15 is 0 Å². The first-order valence-electron chi connectivity index (χ1n) is 8.41. The van der Waals surface area contributed by atoms with Gasteiger partial charge in [-0.25, -0.2) is 4.68 Å². The first-order chi connectivity index (χ1) is 11.6. The van der Waals surface area contributed by atoms with Crippen molar-refractivity contribution in [1.29, 1.82) is 0 Å². The molecule has 1 unspecified atom stereocenters. The summed E-state index contributed by atoms with van der Waals surface area (Å²) in [5, 5.41) is 15.4. The molecular formula is C18H20ClN3O2. The summed E-state index contributed by atoms with van der Waals surface area (Å²) in [7, 11) is 0. The smallest absolute Gasteiger partial charge is 0.274 e. The van der Waals surface area contributed by atoms with Gasteiger partial charge in [-0.1, -0.05) is 18.0 Å². The van der Waals surface area contributed by atoms with E-state index < -0.39 is 0 Å². The largest absolute Gasteiger partial charge is 0.392 e. The SMILES string of the molecule is O=C(c1ccn(-c2ccc(Cl)cc2)n1)N1C[C@H]2CCC[C@@H](C1)C2O. The van der Waals surface area contributed by atoms with Crippen LogP contribution in [0.4, 0.5) is 0 Å². The number of piperidine rings is 1. The van der Waals surface area contributed by atoms with Gasteiger partial charge in [0.05, 0.1) is 11.8 Å². The molecule has 1 aliphatic heterocycles. The number of benzene rings is 1. The van der Waals surface area contributed by atoms with Crippen molar-refractivity contribution in [3.05, 3.63) is 47.2 Å². The van der Waals surface area contributed by atoms with E-state index in [9.17, 15) is 9.90 Å². The van der Waals surface area contributed by atoms with Crippen LogP contribution in [0.1, 0.15) is 29.8 Å². The maximum absolute atomic E-state index is 12.8. The van der Waals surface area contributed by atoms with Crippen molar-refractivity contribution in [2.75, 3.05) is 13.1 Å². The summed E-state index contributed by atoms with van der Waals surface area (Å²) in [4.78, 5) is 14.6. The minimum Gasteiger partial charge on any atom is -0.392 e. The zero-order valence-electron chi connectivity index (χ0n) is 13.3. The van der Waals surface area contributed by atoms with Crippen LogP contribution < -0.4 is 0 Å². The molecule has 1 aliphatic carbocycles. The molecule has 24 heavy (non-hydrogen) atoms. The van der Waals surface area contributed by atoms with Crippen LogP contribution >= 0.6 is 11.6 Å². The van der Waals surface area contributed by atoms with E-state index in [-0.39, 0.29) is 23.8 Å². The number of fused-ring (bicyclic) bond motifs is 2. The molecule has 1 saturated heterocycles. The van der Waals surface area contributed by atoms with Gasteiger partial charge in [-0.3, -0.25) is 4.79 Å². The van der Waals surface area contributed by atoms with E-state index in [2.05, 4.69) is 5.10 Å². The van der Waals surface area contributed by atoms with Crippen LogP contribution in [0, 0.1) is 11.8 Å². The molecule has 0 spiro atoms. The summed E-state index contributed by atoms with van der Waals surface area (Å²) in [6, 6.07) is 9.08. The fourth-order valence-electron chi connectivity index (χ4n) is 3.91. The van der Waals surface area contributed by atoms with Crippen LogP contribution in [-0.2, 0) is 0 Å². The zero-order valence-corrected chi connectivity index (χ0v) is 14.1. The minimum atomic E-state index is -0.255. The van der Waals surface area contributed by atoms with Gasteiger partial charge in [0, 0.05) is 36.1 Å². The van der Waals surface area contributed by atoms with E-state index in [1.165, 1.54) is 0 Å². The summed E-state index contributed by atoms with van der Waals surface area (Å²) < 4.78 is 1.68. The van der Waals surface area contributed by atoms with Crippen LogP contribution in [0.25, 0.3) is 5.69 Å². The molecule has 2 bridgehead atoms. The Morgan fingerprint density at radius 2 is 1.79 bits per heavy atom. The Hall–Kier alpha value is -1.85. The number of hydrogen-bond acceptors (Lipinski definition) is 3. The molecule has 1 aromatic heterocycles. The number of carbonyl (C=O) groups is 1. The van der Waals surface area contributed by atoms with E-state index in [4.69, 9.17) is 11.6 Å². The molecule has 5 nitrogen and oxygen atoms in total. The number of rotatable bonds is 2. The molecule has 126 valence electrons. The first kappa shape index (κ1) is 15.7. The second kappa shape index (κ2) is 6.22. The molecule has 1 N–H and O–H groups in total. The fraction of sp³-hybridized carbons (Fsp3) is 0.444. The third-order valence-electron chi connectivity index (χ3n) is 5.21. The van der Waals surface area contributed by atoms with Gasteiger partial charge in [0.25, 0.3) is 5.91 Å². The summed E-state index contributed by atoms with van der Waals surface area (Å²) in [6.07, 6.45) is 4.69. The van der Waals surface area contributed by atoms with Crippen LogP contribution in [0.2, 0.25) is 5.02 Å². The normalized spacial score (nSPS) is 26.4. The predicted octanol–water partition coefficient (Wildman–Crippen LogP) is 2.76. The lowest BCUT2D eigenvalue weighted by Gasteiger charge is -2.44. The topological polar surface area (TPSA) is 58.4 Å². The van der Waals surface area contributed by atoms with Crippen molar-refractivity contribution >= 4 is 17.5 Å². The summed E-state index contributed by atoms with van der Waals surface area (Å²) in [6.45, 7) is 1.26. The van der Waals surface area contributed by atoms with Gasteiger partial charge in [-0.15, -0.1) is 0 Å². The van der Waals surface area contributed by atoms with Crippen LogP contribution in [-0.4, -0.2) is 44.9 Å². The highest BCUT2D eigenvalue weighted by atomic mass is 35.5. The van der Waals surface area contributed by atoms with Gasteiger partial charge in [-0.2, -0.15) is 5.10 Å². The van der Waals surface area contributed by atoms with Gasteiger partial charge < -0.3 is 10.0 Å². The Labute approximate surface area is 145 Å². The van der Waals surface area contributed by atoms with Crippen LogP contribution in [0.15, 0.2) is 36.5 Å². The highest BCUT2D eigenvalue weighted by Crippen LogP contribution is 2.35. The molecule has 1 aromatic carbocycles. The number of halogens is 1. The fourth-order valence-corrected chi connectivity index (χ4v) is 4.04. The number of carbonyl (C=O) groups excluding carboxylic acids is 1. The van der Waals surface area contributed by atoms with E-state index in [1.54, 1.807) is 29.1 Å². The second-order valence-electron chi connectivity index (χ2n) is 6.77. The minimum absolute atomic E-state index is 0.0495. The standard InChI is InChI=1S/C18H20ClN3O2/c19-14-4-6-15(7-5-14)22-9-8-16(20-22)18(24)21-10-12-2-1-3-13(11-21)17(12)23/h4-9,12-13,17,23H,1-3,10-11H2/t12-,13+,17?. The zero-order chi connectivity index (χ0) is 16.7. The maximum atomic E-state index is 12.8. The van der Waals surface area contributed by atoms with Gasteiger partial charge >= 0.3 is 0 Å². The molecule has 1 saturated carbocycles. The van der Waals surface area contributed by atoms with E-state index in [0.717, 1.165) is 24.9 Å². The monoisotopic (exact) mass is 345 g/mol. The van der Waals surface area contributed by atoms with Gasteiger partial charge in [0.2, 0.25) is 0 Å². The summed E-state index contributed by atoms with van der Waals surface area (Å²) in [5.41, 5.74) is 1.31. The average Bonchev–Trinajstić information content (AvgIpc) is 3.04. The molecule has 1 amide bonds. The molecule has 2 aliphatic rings. The molecule has 2 heterocycles. The van der Waals surface area contributed by atoms with Crippen molar-refractivity contribution < 1.29 is 9.90 Å². The number of aliphatic hydroxyl groups excluding tert-OH is 1. The number of amides is 1. The Morgan fingerprint density at radius 3 is 2.46 bits per heavy atom. The number of aromatic nitrogens is 2. The van der Waals surface area contributed by atoms with Gasteiger partial charge in [-0.05, 0) is 43.2 Å². The second-order valence-corrected chi connectivity index (χ2v) is 7.21. The molecule has 4 rings (SSSR count). The van der Waals surface area contributed by atoms with Crippen molar-refractivity contribution in [3.8, 4) is 5.69 Å². The summed E-state index contributed by atoms with van der Waals surface area (Å²) in [5.74, 6) is 0.367. The lowest BCUT2D eigenvalue weighted by molar-refractivity contribution is -0.0414. The highest BCUT2D eigenvalue weighted by Gasteiger charge is 2.40. The lowest BCUT2D eigenvalue weighted by Crippen LogP contribution is -2.53. The number of nitrogens with zero attached hydrogens (tertiary/aromatic N) is 3. The van der Waals surface area contributed by atoms with Crippen molar-refractivity contribution in [1.82, 2.24) is 14.7 Å². The quantitative estimate of drug-likeness (QED) is 0.910. The highest BCUT2D eigenvalue weighted by molar-refractivity contribution is 6.30. The first-order valence-corrected chi connectivity index (χ1v) is 8.78. The van der Waals surface area contributed by atoms with Crippen molar-refractivity contribution in [2.24, 2.45) is 11.8 Å². The third-order valence-corrected chi connectivity index (χ3v) is 5.46. The molecular weight excluding hydrogens is 326 g/mol. The predicted molar refractivity (Wildman–Crippen MR) is 91.3 cm³/mol. The molecule has 3 atom stereocenters. The van der Waals surface area contributed by atoms with E-state index in [1.807, 2.05) is 17.0 Å². The Bertz CT molecular complexity index is 729. The van der Waals surface area contributed by atoms with Crippen LogP contribution in [0.5, 0.6) is 0 Å².